The molecule has 96 valence electrons. The van der Waals surface area contributed by atoms with Crippen LogP contribution in [0.1, 0.15) is 17.4 Å². The van der Waals surface area contributed by atoms with Gasteiger partial charge in [0.05, 0.1) is 12.9 Å². The second kappa shape index (κ2) is 4.56. The summed E-state index contributed by atoms with van der Waals surface area (Å²) in [6, 6.07) is 7.44. The smallest absolute Gasteiger partial charge is 0.361 e. The zero-order valence-corrected chi connectivity index (χ0v) is 10.2. The second-order valence-corrected chi connectivity index (χ2v) is 3.91. The van der Waals surface area contributed by atoms with E-state index >= 15 is 0 Å². The molecule has 0 amide bonds. The quantitative estimate of drug-likeness (QED) is 0.728. The first-order valence-electron chi connectivity index (χ1n) is 5.85. The van der Waals surface area contributed by atoms with Gasteiger partial charge >= 0.3 is 5.97 Å². The number of ether oxygens (including phenoxy) is 1. The largest absolute Gasteiger partial charge is 0.464 e. The minimum Gasteiger partial charge on any atom is -0.464 e. The highest BCUT2D eigenvalue weighted by molar-refractivity contribution is 5.95. The number of fused-ring (bicyclic) bond motifs is 1. The van der Waals surface area contributed by atoms with Gasteiger partial charge in [0.25, 0.3) is 0 Å². The number of aromatic nitrogens is 3. The average Bonchev–Trinajstić information content (AvgIpc) is 3.07. The van der Waals surface area contributed by atoms with Crippen LogP contribution in [0.15, 0.2) is 34.9 Å². The van der Waals surface area contributed by atoms with E-state index < -0.39 is 5.97 Å². The van der Waals surface area contributed by atoms with Crippen molar-refractivity contribution in [1.82, 2.24) is 15.4 Å². The number of hydrogen-bond donors (Lipinski definition) is 1. The molecule has 0 aliphatic heterocycles. The number of hydrogen-bond acceptors (Lipinski definition) is 5. The summed E-state index contributed by atoms with van der Waals surface area (Å²) in [4.78, 5) is 11.7. The van der Waals surface area contributed by atoms with Crippen LogP contribution in [-0.4, -0.2) is 28.0 Å². The summed E-state index contributed by atoms with van der Waals surface area (Å²) in [5.41, 5.74) is 2.11. The Morgan fingerprint density at radius 1 is 1.37 bits per heavy atom. The van der Waals surface area contributed by atoms with Crippen LogP contribution >= 0.6 is 0 Å². The predicted molar refractivity (Wildman–Crippen MR) is 67.5 cm³/mol. The lowest BCUT2D eigenvalue weighted by molar-refractivity contribution is 0.0520. The van der Waals surface area contributed by atoms with Crippen molar-refractivity contribution in [2.45, 2.75) is 6.92 Å². The molecule has 0 atom stereocenters. The Morgan fingerprint density at radius 2 is 2.26 bits per heavy atom. The molecule has 0 radical (unpaired) electrons. The molecule has 0 aliphatic carbocycles. The van der Waals surface area contributed by atoms with Crippen molar-refractivity contribution in [2.75, 3.05) is 6.61 Å². The van der Waals surface area contributed by atoms with E-state index in [4.69, 9.17) is 9.15 Å². The van der Waals surface area contributed by atoms with Gasteiger partial charge in [-0.25, -0.2) is 4.79 Å². The van der Waals surface area contributed by atoms with Gasteiger partial charge in [-0.2, -0.15) is 10.3 Å². The van der Waals surface area contributed by atoms with Gasteiger partial charge in [0, 0.05) is 10.9 Å². The fourth-order valence-electron chi connectivity index (χ4n) is 1.88. The molecule has 0 spiro atoms. The summed E-state index contributed by atoms with van der Waals surface area (Å²) in [7, 11) is 0. The van der Waals surface area contributed by atoms with Crippen LogP contribution < -0.4 is 0 Å². The highest BCUT2D eigenvalue weighted by Gasteiger charge is 2.19. The van der Waals surface area contributed by atoms with E-state index in [1.807, 2.05) is 24.3 Å². The van der Waals surface area contributed by atoms with Gasteiger partial charge < -0.3 is 9.15 Å². The molecule has 2 aromatic heterocycles. The Balaban J connectivity index is 2.06. The number of carbonyl (C=O) groups is 1. The lowest BCUT2D eigenvalue weighted by Crippen LogP contribution is -2.06. The number of carbonyl (C=O) groups excluding carboxylic acids is 1. The molecule has 3 rings (SSSR count). The lowest BCUT2D eigenvalue weighted by atomic mass is 10.1. The van der Waals surface area contributed by atoms with E-state index in [0.717, 1.165) is 16.5 Å². The number of H-pyrrole nitrogens is 1. The molecule has 0 aliphatic rings. The summed E-state index contributed by atoms with van der Waals surface area (Å²) >= 11 is 0. The molecule has 0 bridgehead atoms. The number of furan rings is 1. The molecule has 0 unspecified atom stereocenters. The maximum absolute atomic E-state index is 11.7. The first kappa shape index (κ1) is 11.5. The molecule has 0 saturated heterocycles. The van der Waals surface area contributed by atoms with Gasteiger partial charge in [-0.05, 0) is 19.1 Å². The Kier molecular flexibility index (Phi) is 2.75. The van der Waals surface area contributed by atoms with Crippen molar-refractivity contribution < 1.29 is 13.9 Å². The van der Waals surface area contributed by atoms with E-state index in [1.165, 1.54) is 0 Å². The van der Waals surface area contributed by atoms with Crippen LogP contribution in [-0.2, 0) is 4.74 Å². The average molecular weight is 257 g/mol. The molecule has 0 saturated carbocycles. The maximum atomic E-state index is 11.7. The predicted octanol–water partition coefficient (Wildman–Crippen LogP) is 2.39. The summed E-state index contributed by atoms with van der Waals surface area (Å²) in [5, 5.41) is 11.3. The minimum atomic E-state index is -0.495. The van der Waals surface area contributed by atoms with E-state index in [9.17, 15) is 4.79 Å². The third-order valence-electron chi connectivity index (χ3n) is 2.75. The number of esters is 1. The van der Waals surface area contributed by atoms with Crippen LogP contribution in [0.5, 0.6) is 0 Å². The van der Waals surface area contributed by atoms with Crippen molar-refractivity contribution in [3.05, 3.63) is 36.2 Å². The molecule has 0 fully saturated rings. The fraction of sp³-hybridized carbons (Fsp3) is 0.154. The first-order valence-corrected chi connectivity index (χ1v) is 5.85. The van der Waals surface area contributed by atoms with Crippen molar-refractivity contribution in [3.8, 4) is 11.3 Å². The SMILES string of the molecule is CCOC(=O)c1n[nH]nc1-c1ccc2ccoc2c1. The molecule has 1 aromatic carbocycles. The third kappa shape index (κ3) is 1.97. The number of aromatic amines is 1. The van der Waals surface area contributed by atoms with E-state index in [0.29, 0.717) is 12.3 Å². The fourth-order valence-corrected chi connectivity index (χ4v) is 1.88. The molecule has 2 heterocycles. The number of benzene rings is 1. The lowest BCUT2D eigenvalue weighted by Gasteiger charge is -2.01. The monoisotopic (exact) mass is 257 g/mol. The maximum Gasteiger partial charge on any atom is 0.361 e. The second-order valence-electron chi connectivity index (χ2n) is 3.91. The van der Waals surface area contributed by atoms with Crippen molar-refractivity contribution in [2.24, 2.45) is 0 Å². The Hall–Kier alpha value is -2.63. The molecule has 6 nitrogen and oxygen atoms in total. The normalized spacial score (nSPS) is 10.8. The molecular formula is C13H11N3O3. The Bertz CT molecular complexity index is 729. The number of rotatable bonds is 3. The number of nitrogens with one attached hydrogen (secondary N) is 1. The van der Waals surface area contributed by atoms with Gasteiger partial charge in [-0.15, -0.1) is 5.10 Å². The van der Waals surface area contributed by atoms with E-state index in [1.54, 1.807) is 13.2 Å². The van der Waals surface area contributed by atoms with Crippen molar-refractivity contribution in [1.29, 1.82) is 0 Å². The van der Waals surface area contributed by atoms with Gasteiger partial charge in [-0.1, -0.05) is 12.1 Å². The van der Waals surface area contributed by atoms with Gasteiger partial charge in [0.1, 0.15) is 11.3 Å². The van der Waals surface area contributed by atoms with E-state index in [-0.39, 0.29) is 5.69 Å². The molecule has 3 aromatic rings. The van der Waals surface area contributed by atoms with Crippen LogP contribution in [0.25, 0.3) is 22.2 Å². The van der Waals surface area contributed by atoms with Crippen LogP contribution in [0.4, 0.5) is 0 Å². The molecular weight excluding hydrogens is 246 g/mol. The summed E-state index contributed by atoms with van der Waals surface area (Å²) in [6.45, 7) is 2.04. The zero-order valence-electron chi connectivity index (χ0n) is 10.2. The third-order valence-corrected chi connectivity index (χ3v) is 2.75. The summed E-state index contributed by atoms with van der Waals surface area (Å²) in [5.74, 6) is -0.495. The van der Waals surface area contributed by atoms with Gasteiger partial charge in [-0.3, -0.25) is 0 Å². The molecule has 19 heavy (non-hydrogen) atoms. The molecule has 1 N–H and O–H groups in total. The standard InChI is InChI=1S/C13H11N3O3/c1-2-18-13(17)12-11(14-16-15-12)9-4-3-8-5-6-19-10(8)7-9/h3-7H,2H2,1H3,(H,14,15,16). The Labute approximate surface area is 108 Å². The van der Waals surface area contributed by atoms with Gasteiger partial charge in [0.2, 0.25) is 0 Å². The highest BCUT2D eigenvalue weighted by atomic mass is 16.5. The van der Waals surface area contributed by atoms with Crippen molar-refractivity contribution in [3.63, 3.8) is 0 Å². The summed E-state index contributed by atoms with van der Waals surface area (Å²) < 4.78 is 10.3. The van der Waals surface area contributed by atoms with Crippen LogP contribution in [0.3, 0.4) is 0 Å². The van der Waals surface area contributed by atoms with Crippen molar-refractivity contribution >= 4 is 16.9 Å². The van der Waals surface area contributed by atoms with Crippen LogP contribution in [0, 0.1) is 0 Å². The molecule has 6 heteroatoms. The Morgan fingerprint density at radius 3 is 3.11 bits per heavy atom. The minimum absolute atomic E-state index is 0.174. The van der Waals surface area contributed by atoms with E-state index in [2.05, 4.69) is 15.4 Å². The topological polar surface area (TPSA) is 81.0 Å². The summed E-state index contributed by atoms with van der Waals surface area (Å²) in [6.07, 6.45) is 1.61. The first-order chi connectivity index (χ1) is 9.29. The van der Waals surface area contributed by atoms with Gasteiger partial charge in [0.15, 0.2) is 5.69 Å². The number of nitrogens with zero attached hydrogens (tertiary/aromatic N) is 2. The highest BCUT2D eigenvalue weighted by Crippen LogP contribution is 2.25. The zero-order chi connectivity index (χ0) is 13.2. The van der Waals surface area contributed by atoms with Crippen LogP contribution in [0.2, 0.25) is 0 Å².